The van der Waals surface area contributed by atoms with Crippen LogP contribution in [0.15, 0.2) is 66.7 Å². The van der Waals surface area contributed by atoms with Crippen LogP contribution in [0.4, 0.5) is 5.69 Å². The molecule has 4 nitrogen and oxygen atoms in total. The Bertz CT molecular complexity index is 1100. The van der Waals surface area contributed by atoms with E-state index in [0.717, 1.165) is 27.2 Å². The lowest BCUT2D eigenvalue weighted by molar-refractivity contribution is -0.384. The highest BCUT2D eigenvalue weighted by Gasteiger charge is 2.16. The number of benzene rings is 3. The number of hydrogen-bond donors (Lipinski definition) is 0. The number of fused-ring (bicyclic) bond motifs is 3. The predicted octanol–water partition coefficient (Wildman–Crippen LogP) is 5.27. The first-order chi connectivity index (χ1) is 11.6. The Balaban J connectivity index is 2.03. The average Bonchev–Trinajstić information content (AvgIpc) is 2.61. The van der Waals surface area contributed by atoms with Gasteiger partial charge in [-0.15, -0.1) is 0 Å². The van der Waals surface area contributed by atoms with Gasteiger partial charge in [-0.05, 0) is 41.5 Å². The van der Waals surface area contributed by atoms with Gasteiger partial charge in [-0.25, -0.2) is 4.98 Å². The zero-order valence-electron chi connectivity index (χ0n) is 13.1. The van der Waals surface area contributed by atoms with Crippen LogP contribution in [0.25, 0.3) is 32.9 Å². The summed E-state index contributed by atoms with van der Waals surface area (Å²) in [6.07, 6.45) is 0. The fraction of sp³-hybridized carbons (Fsp3) is 0.0500. The molecule has 0 bridgehead atoms. The van der Waals surface area contributed by atoms with Crippen LogP contribution >= 0.6 is 0 Å². The highest BCUT2D eigenvalue weighted by molar-refractivity contribution is 6.08. The van der Waals surface area contributed by atoms with E-state index in [2.05, 4.69) is 12.1 Å². The van der Waals surface area contributed by atoms with Gasteiger partial charge in [0.1, 0.15) is 0 Å². The highest BCUT2D eigenvalue weighted by atomic mass is 16.6. The summed E-state index contributed by atoms with van der Waals surface area (Å²) in [7, 11) is 0. The van der Waals surface area contributed by atoms with Crippen molar-refractivity contribution in [2.45, 2.75) is 6.92 Å². The van der Waals surface area contributed by atoms with E-state index in [1.54, 1.807) is 18.2 Å². The SMILES string of the molecule is Cc1cc(-c2ccccc2[N+](=O)[O-])nc2ccc3ccccc3c12. The number of nitro groups is 1. The molecule has 4 rings (SSSR count). The van der Waals surface area contributed by atoms with E-state index in [1.165, 1.54) is 6.07 Å². The molecule has 3 aromatic carbocycles. The lowest BCUT2D eigenvalue weighted by Crippen LogP contribution is -1.95. The van der Waals surface area contributed by atoms with E-state index in [4.69, 9.17) is 4.98 Å². The number of nitrogens with zero attached hydrogens (tertiary/aromatic N) is 2. The second-order valence-corrected chi connectivity index (χ2v) is 5.78. The molecule has 116 valence electrons. The minimum atomic E-state index is -0.364. The lowest BCUT2D eigenvalue weighted by atomic mass is 9.99. The van der Waals surface area contributed by atoms with Gasteiger partial charge in [0.25, 0.3) is 5.69 Å². The Kier molecular flexibility index (Phi) is 3.24. The standard InChI is InChI=1S/C20H14N2O2/c1-13-12-18(16-8-4-5-9-19(16)22(23)24)21-17-11-10-14-6-2-3-7-15(14)20(13)17/h2-12H,1H3. The van der Waals surface area contributed by atoms with Gasteiger partial charge in [0.15, 0.2) is 0 Å². The third-order valence-electron chi connectivity index (χ3n) is 4.27. The van der Waals surface area contributed by atoms with Gasteiger partial charge in [-0.3, -0.25) is 10.1 Å². The molecule has 0 saturated heterocycles. The van der Waals surface area contributed by atoms with Crippen LogP contribution in [0.2, 0.25) is 0 Å². The van der Waals surface area contributed by atoms with E-state index >= 15 is 0 Å². The molecule has 0 unspecified atom stereocenters. The summed E-state index contributed by atoms with van der Waals surface area (Å²) in [4.78, 5) is 15.6. The zero-order valence-corrected chi connectivity index (χ0v) is 13.1. The fourth-order valence-corrected chi connectivity index (χ4v) is 3.19. The molecule has 0 fully saturated rings. The molecule has 0 aliphatic rings. The normalized spacial score (nSPS) is 11.0. The Labute approximate surface area is 138 Å². The van der Waals surface area contributed by atoms with Crippen LogP contribution in [-0.4, -0.2) is 9.91 Å². The molecule has 0 amide bonds. The van der Waals surface area contributed by atoms with Gasteiger partial charge < -0.3 is 0 Å². The molecule has 0 aliphatic heterocycles. The van der Waals surface area contributed by atoms with Crippen LogP contribution < -0.4 is 0 Å². The van der Waals surface area contributed by atoms with E-state index < -0.39 is 0 Å². The number of nitro benzene ring substituents is 1. The van der Waals surface area contributed by atoms with Crippen LogP contribution in [0.5, 0.6) is 0 Å². The first-order valence-electron chi connectivity index (χ1n) is 7.68. The summed E-state index contributed by atoms with van der Waals surface area (Å²) in [5, 5.41) is 14.7. The average molecular weight is 314 g/mol. The molecule has 1 heterocycles. The number of para-hydroxylation sites is 1. The maximum Gasteiger partial charge on any atom is 0.278 e. The summed E-state index contributed by atoms with van der Waals surface area (Å²) in [6, 6.07) is 20.8. The van der Waals surface area contributed by atoms with E-state index in [0.29, 0.717) is 11.3 Å². The van der Waals surface area contributed by atoms with Gasteiger partial charge in [-0.2, -0.15) is 0 Å². The van der Waals surface area contributed by atoms with E-state index in [-0.39, 0.29) is 10.6 Å². The first-order valence-corrected chi connectivity index (χ1v) is 7.68. The molecule has 0 atom stereocenters. The van der Waals surface area contributed by atoms with Crippen molar-refractivity contribution in [3.05, 3.63) is 82.4 Å². The summed E-state index contributed by atoms with van der Waals surface area (Å²) in [6.45, 7) is 2.02. The van der Waals surface area contributed by atoms with Crippen molar-refractivity contribution in [3.8, 4) is 11.3 Å². The minimum absolute atomic E-state index is 0.0736. The molecular weight excluding hydrogens is 300 g/mol. The van der Waals surface area contributed by atoms with Crippen molar-refractivity contribution < 1.29 is 4.92 Å². The molecule has 4 heteroatoms. The van der Waals surface area contributed by atoms with Crippen molar-refractivity contribution in [2.24, 2.45) is 0 Å². The molecule has 0 saturated carbocycles. The molecule has 4 aromatic rings. The molecule has 0 aliphatic carbocycles. The zero-order chi connectivity index (χ0) is 16.7. The Morgan fingerprint density at radius 1 is 0.958 bits per heavy atom. The van der Waals surface area contributed by atoms with Crippen molar-refractivity contribution in [1.29, 1.82) is 0 Å². The third kappa shape index (κ3) is 2.20. The third-order valence-corrected chi connectivity index (χ3v) is 4.27. The van der Waals surface area contributed by atoms with Gasteiger partial charge in [0.2, 0.25) is 0 Å². The Hall–Kier alpha value is -3.27. The molecule has 0 N–H and O–H groups in total. The monoisotopic (exact) mass is 314 g/mol. The van der Waals surface area contributed by atoms with Gasteiger partial charge in [-0.1, -0.05) is 42.5 Å². The second-order valence-electron chi connectivity index (χ2n) is 5.78. The van der Waals surface area contributed by atoms with Crippen molar-refractivity contribution >= 4 is 27.4 Å². The molecule has 1 aromatic heterocycles. The highest BCUT2D eigenvalue weighted by Crippen LogP contribution is 2.33. The summed E-state index contributed by atoms with van der Waals surface area (Å²) >= 11 is 0. The van der Waals surface area contributed by atoms with E-state index in [9.17, 15) is 10.1 Å². The fourth-order valence-electron chi connectivity index (χ4n) is 3.19. The van der Waals surface area contributed by atoms with Crippen LogP contribution in [0, 0.1) is 17.0 Å². The summed E-state index contributed by atoms with van der Waals surface area (Å²) in [5.74, 6) is 0. The number of hydrogen-bond acceptors (Lipinski definition) is 3. The van der Waals surface area contributed by atoms with Crippen LogP contribution in [0.3, 0.4) is 0 Å². The van der Waals surface area contributed by atoms with Crippen molar-refractivity contribution in [3.63, 3.8) is 0 Å². The number of rotatable bonds is 2. The topological polar surface area (TPSA) is 56.0 Å². The Morgan fingerprint density at radius 2 is 1.71 bits per heavy atom. The van der Waals surface area contributed by atoms with Gasteiger partial charge in [0, 0.05) is 11.5 Å². The second kappa shape index (κ2) is 5.42. The maximum absolute atomic E-state index is 11.3. The molecule has 0 spiro atoms. The quantitative estimate of drug-likeness (QED) is 0.288. The molecular formula is C20H14N2O2. The van der Waals surface area contributed by atoms with Gasteiger partial charge in [0.05, 0.1) is 21.7 Å². The minimum Gasteiger partial charge on any atom is -0.258 e. The molecule has 0 radical (unpaired) electrons. The van der Waals surface area contributed by atoms with Gasteiger partial charge >= 0.3 is 0 Å². The number of pyridine rings is 1. The smallest absolute Gasteiger partial charge is 0.258 e. The number of aromatic nitrogens is 1. The van der Waals surface area contributed by atoms with Crippen molar-refractivity contribution in [2.75, 3.05) is 0 Å². The first kappa shape index (κ1) is 14.3. The summed E-state index contributed by atoms with van der Waals surface area (Å²) < 4.78 is 0. The Morgan fingerprint density at radius 3 is 2.54 bits per heavy atom. The van der Waals surface area contributed by atoms with E-state index in [1.807, 2.05) is 37.3 Å². The lowest BCUT2D eigenvalue weighted by Gasteiger charge is -2.10. The van der Waals surface area contributed by atoms with Crippen LogP contribution in [0.1, 0.15) is 5.56 Å². The molecule has 24 heavy (non-hydrogen) atoms. The summed E-state index contributed by atoms with van der Waals surface area (Å²) in [5.41, 5.74) is 3.15. The predicted molar refractivity (Wildman–Crippen MR) is 96.1 cm³/mol. The van der Waals surface area contributed by atoms with Crippen LogP contribution in [-0.2, 0) is 0 Å². The number of aryl methyl sites for hydroxylation is 1. The largest absolute Gasteiger partial charge is 0.278 e. The maximum atomic E-state index is 11.3. The van der Waals surface area contributed by atoms with Crippen molar-refractivity contribution in [1.82, 2.24) is 4.98 Å².